The zero-order chi connectivity index (χ0) is 70.2. The van der Waals surface area contributed by atoms with E-state index < -0.39 is 22.5 Å². The van der Waals surface area contributed by atoms with Crippen molar-refractivity contribution in [3.63, 3.8) is 0 Å². The minimum absolute atomic E-state index is 0.0874. The van der Waals surface area contributed by atoms with E-state index in [1.165, 1.54) is 45.5 Å². The van der Waals surface area contributed by atoms with E-state index in [9.17, 15) is 8.78 Å². The molecule has 11 nitrogen and oxygen atoms in total. The summed E-state index contributed by atoms with van der Waals surface area (Å²) < 4.78 is 70.4. The molecule has 8 aromatic carbocycles. The largest absolute Gasteiger partial charge is 0.493 e. The highest BCUT2D eigenvalue weighted by atomic mass is 28.4. The van der Waals surface area contributed by atoms with Crippen LogP contribution in [0.3, 0.4) is 0 Å². The van der Waals surface area contributed by atoms with E-state index in [4.69, 9.17) is 43.4 Å². The average molecular weight is 1350 g/mol. The summed E-state index contributed by atoms with van der Waals surface area (Å²) in [6.45, 7) is 39.7. The van der Waals surface area contributed by atoms with Gasteiger partial charge in [-0.15, -0.1) is 0 Å². The monoisotopic (exact) mass is 1350 g/mol. The van der Waals surface area contributed by atoms with Crippen molar-refractivity contribution in [2.24, 2.45) is 0 Å². The molecule has 8 aromatic rings. The Bertz CT molecular complexity index is 3660. The van der Waals surface area contributed by atoms with Gasteiger partial charge in [-0.1, -0.05) is 131 Å². The highest BCUT2D eigenvalue weighted by Crippen LogP contribution is 2.39. The molecule has 0 aliphatic rings. The Morgan fingerprint density at radius 3 is 1.09 bits per heavy atom. The SMILES string of the molecule is Cc1ccc(Cc2cc(OCCCO)ccc2Nc2ccc(OC(C)C)c(F)c2)cc1.Cc1ccc(Cc2cc(OCCCO[Si](C)(C)C(C)(C)C)ccc2N)cc1.Cc1ccc(Cc2cc(OCCCO[Si](C)(C)C(C)(C)C)ccc2Nc2ccc(OC(C)C)c(F)c2)cc1. The highest BCUT2D eigenvalue weighted by molar-refractivity contribution is 6.74. The van der Waals surface area contributed by atoms with Crippen molar-refractivity contribution in [3.8, 4) is 28.7 Å². The number of hydrogen-bond donors (Lipinski definition) is 4. The maximum absolute atomic E-state index is 14.6. The Morgan fingerprint density at radius 2 is 0.760 bits per heavy atom. The minimum atomic E-state index is -1.75. The predicted molar refractivity (Wildman–Crippen MR) is 400 cm³/mol. The zero-order valence-corrected chi connectivity index (χ0v) is 62.4. The fourth-order valence-corrected chi connectivity index (χ4v) is 11.6. The van der Waals surface area contributed by atoms with E-state index in [0.717, 1.165) is 83.3 Å². The van der Waals surface area contributed by atoms with Crippen molar-refractivity contribution in [2.75, 3.05) is 56.0 Å². The molecule has 8 rings (SSSR count). The number of hydrogen-bond acceptors (Lipinski definition) is 11. The molecule has 0 unspecified atom stereocenters. The van der Waals surface area contributed by atoms with Gasteiger partial charge in [-0.2, -0.15) is 0 Å². The Kier molecular flexibility index (Phi) is 29.5. The van der Waals surface area contributed by atoms with Gasteiger partial charge in [0, 0.05) is 79.7 Å². The lowest BCUT2D eigenvalue weighted by Crippen LogP contribution is -2.41. The first-order valence-electron chi connectivity index (χ1n) is 33.9. The number of benzene rings is 8. The summed E-state index contributed by atoms with van der Waals surface area (Å²) in [6, 6.07) is 53.1. The predicted octanol–water partition coefficient (Wildman–Crippen LogP) is 21.0. The number of nitrogens with two attached hydrogens (primary N) is 1. The molecule has 0 atom stereocenters. The van der Waals surface area contributed by atoms with Crippen LogP contribution in [0.15, 0.2) is 164 Å². The molecule has 0 aliphatic heterocycles. The number of anilines is 5. The van der Waals surface area contributed by atoms with E-state index in [-0.39, 0.29) is 46.2 Å². The van der Waals surface area contributed by atoms with Crippen LogP contribution in [-0.4, -0.2) is 73.6 Å². The van der Waals surface area contributed by atoms with Gasteiger partial charge < -0.3 is 54.0 Å². The summed E-state index contributed by atoms with van der Waals surface area (Å²) >= 11 is 0. The van der Waals surface area contributed by atoms with Crippen molar-refractivity contribution >= 4 is 45.1 Å². The highest BCUT2D eigenvalue weighted by Gasteiger charge is 2.38. The third-order valence-corrected chi connectivity index (χ3v) is 26.3. The molecule has 15 heteroatoms. The number of nitrogens with one attached hydrogen (secondary N) is 2. The van der Waals surface area contributed by atoms with Crippen molar-refractivity contribution in [1.82, 2.24) is 0 Å². The summed E-state index contributed by atoms with van der Waals surface area (Å²) in [5, 5.41) is 16.2. The quantitative estimate of drug-likeness (QED) is 0.0195. The summed E-state index contributed by atoms with van der Waals surface area (Å²) in [5.74, 6) is 2.15. The molecule has 96 heavy (non-hydrogen) atoms. The lowest BCUT2D eigenvalue weighted by Gasteiger charge is -2.36. The first-order valence-corrected chi connectivity index (χ1v) is 39.7. The Labute approximate surface area is 575 Å². The molecule has 0 bridgehead atoms. The van der Waals surface area contributed by atoms with Gasteiger partial charge >= 0.3 is 0 Å². The molecule has 518 valence electrons. The number of rotatable bonds is 30. The van der Waals surface area contributed by atoms with Gasteiger partial charge in [0.25, 0.3) is 0 Å². The number of ether oxygens (including phenoxy) is 5. The molecule has 0 heterocycles. The Balaban J connectivity index is 0.000000231. The second kappa shape index (κ2) is 36.6. The molecular weight excluding hydrogens is 1240 g/mol. The van der Waals surface area contributed by atoms with Crippen molar-refractivity contribution in [3.05, 3.63) is 225 Å². The number of aliphatic hydroxyl groups is 1. The third-order valence-electron chi connectivity index (χ3n) is 17.2. The summed E-state index contributed by atoms with van der Waals surface area (Å²) in [7, 11) is -3.42. The lowest BCUT2D eigenvalue weighted by molar-refractivity contribution is 0.231. The minimum Gasteiger partial charge on any atom is -0.493 e. The normalized spacial score (nSPS) is 11.7. The van der Waals surface area contributed by atoms with Crippen LogP contribution in [-0.2, 0) is 28.1 Å². The number of aryl methyl sites for hydroxylation is 3. The van der Waals surface area contributed by atoms with Crippen molar-refractivity contribution in [2.45, 2.75) is 177 Å². The topological polar surface area (TPSA) is 135 Å². The molecule has 0 spiro atoms. The molecule has 0 saturated heterocycles. The molecule has 5 N–H and O–H groups in total. The fraction of sp³-hybridized carbons (Fsp3) is 0.407. The molecule has 0 aliphatic carbocycles. The number of aliphatic hydroxyl groups excluding tert-OH is 1. The molecule has 0 amide bonds. The summed E-state index contributed by atoms with van der Waals surface area (Å²) in [6.07, 6.45) is 4.38. The van der Waals surface area contributed by atoms with Gasteiger partial charge in [0.1, 0.15) is 17.2 Å². The van der Waals surface area contributed by atoms with Crippen LogP contribution in [0.1, 0.15) is 139 Å². The second-order valence-corrected chi connectivity index (χ2v) is 38.0. The van der Waals surface area contributed by atoms with Gasteiger partial charge in [-0.3, -0.25) is 0 Å². The van der Waals surface area contributed by atoms with Crippen LogP contribution < -0.4 is 40.1 Å². The molecule has 0 fully saturated rings. The molecule has 0 radical (unpaired) electrons. The zero-order valence-electron chi connectivity index (χ0n) is 60.4. The average Bonchev–Trinajstić information content (AvgIpc) is 0.941. The first-order chi connectivity index (χ1) is 45.4. The Hall–Kier alpha value is -7.67. The van der Waals surface area contributed by atoms with Gasteiger partial charge in [0.05, 0.1) is 32.0 Å². The maximum Gasteiger partial charge on any atom is 0.191 e. The van der Waals surface area contributed by atoms with Gasteiger partial charge in [-0.25, -0.2) is 8.78 Å². The van der Waals surface area contributed by atoms with Crippen LogP contribution >= 0.6 is 0 Å². The summed E-state index contributed by atoms with van der Waals surface area (Å²) in [5.41, 5.74) is 20.6. The Morgan fingerprint density at radius 1 is 0.427 bits per heavy atom. The van der Waals surface area contributed by atoms with Crippen LogP contribution in [0, 0.1) is 32.4 Å². The van der Waals surface area contributed by atoms with Crippen LogP contribution in [0.4, 0.5) is 37.2 Å². The van der Waals surface area contributed by atoms with E-state index in [2.05, 4.69) is 184 Å². The smallest absolute Gasteiger partial charge is 0.191 e. The van der Waals surface area contributed by atoms with Gasteiger partial charge in [-0.05, 0) is 216 Å². The van der Waals surface area contributed by atoms with E-state index in [1.54, 1.807) is 12.1 Å². The van der Waals surface area contributed by atoms with Crippen LogP contribution in [0.2, 0.25) is 36.3 Å². The fourth-order valence-electron chi connectivity index (χ4n) is 9.47. The van der Waals surface area contributed by atoms with Crippen LogP contribution in [0.25, 0.3) is 0 Å². The molecular formula is C81H109F2N3O8Si2. The van der Waals surface area contributed by atoms with Crippen molar-refractivity contribution < 1.29 is 46.4 Å². The lowest BCUT2D eigenvalue weighted by atomic mass is 10.0. The number of nitrogen functional groups attached to an aromatic ring is 1. The number of halogens is 2. The third kappa shape index (κ3) is 25.7. The van der Waals surface area contributed by atoms with Crippen molar-refractivity contribution in [1.29, 1.82) is 0 Å². The molecule has 0 saturated carbocycles. The second-order valence-electron chi connectivity index (χ2n) is 28.4. The van der Waals surface area contributed by atoms with Crippen LogP contribution in [0.5, 0.6) is 28.7 Å². The first kappa shape index (κ1) is 77.3. The van der Waals surface area contributed by atoms with E-state index in [1.807, 2.05) is 82.3 Å². The summed E-state index contributed by atoms with van der Waals surface area (Å²) in [4.78, 5) is 0. The maximum atomic E-state index is 14.6. The van der Waals surface area contributed by atoms with Gasteiger partial charge in [0.2, 0.25) is 0 Å². The van der Waals surface area contributed by atoms with Gasteiger partial charge in [0.15, 0.2) is 39.8 Å². The van der Waals surface area contributed by atoms with E-state index >= 15 is 0 Å². The molecule has 0 aromatic heterocycles. The van der Waals surface area contributed by atoms with E-state index in [0.29, 0.717) is 50.6 Å². The standard InChI is InChI=1S/C32H44FNO3Si.C26H30FNO3.C23H35NO2Si/c1-23(2)37-31-17-14-27(22-29(31)33)34-30-16-15-28(21-26(30)20-25-12-10-24(3)11-13-25)35-18-9-19-36-38(7,8)32(4,5)6;1-18(2)31-26-12-9-22(17-24(26)27)28-25-11-10-23(30-14-4-13-29)16-21(25)15-20-7-5-19(3)6-8-20;1-18-8-10-19(11-9-18)16-20-17-21(12-13-22(20)24)25-14-7-15-26-27(5,6)23(2,3)4/h10-17,21-23,34H,9,18-20H2,1-8H3;5-12,16-18,28-29H,4,13-15H2,1-3H3;8-13,17H,7,14-16,24H2,1-6H3.